The molecular weight excluding hydrogens is 299 g/mol. The number of aliphatic hydroxyl groups excluding tert-OH is 1. The fourth-order valence-corrected chi connectivity index (χ4v) is 2.20. The minimum Gasteiger partial charge on any atom is -0.394 e. The number of hydrogen-bond acceptors (Lipinski definition) is 4. The summed E-state index contributed by atoms with van der Waals surface area (Å²) in [5.74, 6) is -0.0339. The summed E-state index contributed by atoms with van der Waals surface area (Å²) in [4.78, 5) is 10.0. The molecule has 0 unspecified atom stereocenters. The van der Waals surface area contributed by atoms with Crippen LogP contribution in [0.2, 0.25) is 0 Å². The fourth-order valence-electron chi connectivity index (χ4n) is 2.20. The molecule has 1 aromatic carbocycles. The second-order valence-corrected chi connectivity index (χ2v) is 4.74. The van der Waals surface area contributed by atoms with Crippen LogP contribution in [-0.2, 0) is 12.7 Å². The summed E-state index contributed by atoms with van der Waals surface area (Å²) in [5.41, 5.74) is 1.08. The van der Waals surface area contributed by atoms with Gasteiger partial charge in [-0.25, -0.2) is 14.6 Å². The highest BCUT2D eigenvalue weighted by atomic mass is 19.4. The van der Waals surface area contributed by atoms with Crippen LogP contribution >= 0.6 is 0 Å². The summed E-state index contributed by atoms with van der Waals surface area (Å²) >= 11 is 0. The molecule has 0 saturated heterocycles. The smallest absolute Gasteiger partial charge is 0.394 e. The average Bonchev–Trinajstić information content (AvgIpc) is 3.01. The molecule has 0 aliphatic carbocycles. The van der Waals surface area contributed by atoms with Crippen LogP contribution in [0.4, 0.5) is 13.2 Å². The number of H-pyrrole nitrogens is 1. The number of aromatic amines is 1. The number of aryl methyl sites for hydroxylation is 1. The van der Waals surface area contributed by atoms with E-state index < -0.39 is 12.0 Å². The molecule has 0 radical (unpaired) electrons. The largest absolute Gasteiger partial charge is 0.449 e. The van der Waals surface area contributed by atoms with Crippen molar-refractivity contribution in [1.29, 1.82) is 0 Å². The lowest BCUT2D eigenvalue weighted by Gasteiger charge is -2.03. The van der Waals surface area contributed by atoms with Crippen molar-refractivity contribution < 1.29 is 18.3 Å². The molecule has 0 bridgehead atoms. The summed E-state index contributed by atoms with van der Waals surface area (Å²) < 4.78 is 39.5. The summed E-state index contributed by atoms with van der Waals surface area (Å²) in [6.07, 6.45) is -4.52. The van der Waals surface area contributed by atoms with Gasteiger partial charge in [-0.3, -0.25) is 0 Å². The summed E-state index contributed by atoms with van der Waals surface area (Å²) in [6.45, 7) is 1.85. The van der Waals surface area contributed by atoms with Crippen molar-refractivity contribution >= 4 is 11.0 Å². The van der Waals surface area contributed by atoms with E-state index in [-0.39, 0.29) is 24.2 Å². The summed E-state index contributed by atoms with van der Waals surface area (Å²) in [7, 11) is 0. The van der Waals surface area contributed by atoms with Crippen LogP contribution in [0.25, 0.3) is 22.4 Å². The molecule has 2 aromatic heterocycles. The molecule has 3 rings (SSSR count). The molecule has 116 valence electrons. The van der Waals surface area contributed by atoms with Crippen molar-refractivity contribution in [3.8, 4) is 11.4 Å². The van der Waals surface area contributed by atoms with E-state index in [9.17, 15) is 13.2 Å². The zero-order valence-corrected chi connectivity index (χ0v) is 11.5. The molecule has 2 N–H and O–H groups in total. The highest BCUT2D eigenvalue weighted by Crippen LogP contribution is 2.30. The molecule has 0 amide bonds. The Kier molecular flexibility index (Phi) is 3.36. The predicted molar refractivity (Wildman–Crippen MR) is 71.9 cm³/mol. The number of imidazole rings is 1. The highest BCUT2D eigenvalue weighted by Gasteiger charge is 2.34. The predicted octanol–water partition coefficient (Wildman–Crippen LogP) is 2.14. The maximum absolute atomic E-state index is 12.7. The number of fused-ring (bicyclic) bond motifs is 1. The Morgan fingerprint density at radius 1 is 1.27 bits per heavy atom. The van der Waals surface area contributed by atoms with E-state index in [0.29, 0.717) is 17.2 Å². The molecule has 0 spiro atoms. The van der Waals surface area contributed by atoms with Gasteiger partial charge in [-0.05, 0) is 25.1 Å². The standard InChI is InChI=1S/C13H12F3N5O/c1-7-17-11(21(20-7)4-5-22)8-2-3-9-10(6-8)19-12(18-9)13(14,15)16/h2-3,6,22H,4-5H2,1H3,(H,18,19). The number of aromatic nitrogens is 5. The molecule has 22 heavy (non-hydrogen) atoms. The molecule has 0 aliphatic rings. The Labute approximate surface area is 122 Å². The Hall–Kier alpha value is -2.42. The van der Waals surface area contributed by atoms with E-state index in [0.717, 1.165) is 0 Å². The van der Waals surface area contributed by atoms with Gasteiger partial charge < -0.3 is 10.1 Å². The van der Waals surface area contributed by atoms with Crippen molar-refractivity contribution in [3.63, 3.8) is 0 Å². The van der Waals surface area contributed by atoms with Crippen LogP contribution in [0.1, 0.15) is 11.6 Å². The van der Waals surface area contributed by atoms with Gasteiger partial charge in [0.1, 0.15) is 5.82 Å². The third kappa shape index (κ3) is 2.54. The quantitative estimate of drug-likeness (QED) is 0.776. The van der Waals surface area contributed by atoms with Crippen LogP contribution < -0.4 is 0 Å². The molecule has 0 fully saturated rings. The van der Waals surface area contributed by atoms with Crippen LogP contribution in [0.5, 0.6) is 0 Å². The summed E-state index contributed by atoms with van der Waals surface area (Å²) in [5, 5.41) is 13.2. The molecule has 0 atom stereocenters. The van der Waals surface area contributed by atoms with Gasteiger partial charge >= 0.3 is 6.18 Å². The van der Waals surface area contributed by atoms with Gasteiger partial charge in [0, 0.05) is 5.56 Å². The van der Waals surface area contributed by atoms with Gasteiger partial charge in [0.15, 0.2) is 5.82 Å². The number of alkyl halides is 3. The van der Waals surface area contributed by atoms with Crippen molar-refractivity contribution in [2.24, 2.45) is 0 Å². The monoisotopic (exact) mass is 311 g/mol. The third-order valence-electron chi connectivity index (χ3n) is 3.10. The van der Waals surface area contributed by atoms with Gasteiger partial charge in [-0.2, -0.15) is 18.3 Å². The first-order chi connectivity index (χ1) is 10.4. The lowest BCUT2D eigenvalue weighted by molar-refractivity contribution is -0.144. The SMILES string of the molecule is Cc1nc(-c2ccc3nc(C(F)(F)F)[nH]c3c2)n(CCO)n1. The van der Waals surface area contributed by atoms with Crippen LogP contribution in [0.3, 0.4) is 0 Å². The molecule has 0 aliphatic heterocycles. The van der Waals surface area contributed by atoms with Crippen LogP contribution in [0, 0.1) is 6.92 Å². The summed E-state index contributed by atoms with van der Waals surface area (Å²) in [6, 6.07) is 4.65. The Bertz CT molecular complexity index is 821. The Morgan fingerprint density at radius 3 is 2.73 bits per heavy atom. The van der Waals surface area contributed by atoms with E-state index in [1.807, 2.05) is 0 Å². The molecule has 6 nitrogen and oxygen atoms in total. The van der Waals surface area contributed by atoms with E-state index >= 15 is 0 Å². The first kappa shape index (κ1) is 14.5. The number of benzene rings is 1. The van der Waals surface area contributed by atoms with Crippen molar-refractivity contribution in [2.75, 3.05) is 6.61 Å². The topological polar surface area (TPSA) is 79.6 Å². The second kappa shape index (κ2) is 5.09. The van der Waals surface area contributed by atoms with Crippen LogP contribution in [0.15, 0.2) is 18.2 Å². The van der Waals surface area contributed by atoms with Gasteiger partial charge in [0.05, 0.1) is 24.2 Å². The Morgan fingerprint density at radius 2 is 2.05 bits per heavy atom. The van der Waals surface area contributed by atoms with E-state index in [4.69, 9.17) is 5.11 Å². The van der Waals surface area contributed by atoms with E-state index in [2.05, 4.69) is 20.1 Å². The number of aliphatic hydroxyl groups is 1. The van der Waals surface area contributed by atoms with Gasteiger partial charge in [-0.1, -0.05) is 0 Å². The fraction of sp³-hybridized carbons (Fsp3) is 0.308. The minimum atomic E-state index is -4.52. The number of nitrogens with one attached hydrogen (secondary N) is 1. The maximum atomic E-state index is 12.7. The minimum absolute atomic E-state index is 0.111. The van der Waals surface area contributed by atoms with Crippen molar-refractivity contribution in [3.05, 3.63) is 29.8 Å². The van der Waals surface area contributed by atoms with Crippen molar-refractivity contribution in [2.45, 2.75) is 19.6 Å². The number of hydrogen-bond donors (Lipinski definition) is 2. The zero-order chi connectivity index (χ0) is 15.9. The highest BCUT2D eigenvalue weighted by molar-refractivity contribution is 5.80. The maximum Gasteiger partial charge on any atom is 0.449 e. The Balaban J connectivity index is 2.09. The van der Waals surface area contributed by atoms with Crippen LogP contribution in [-0.4, -0.2) is 36.4 Å². The number of halogens is 3. The van der Waals surface area contributed by atoms with Gasteiger partial charge in [0.2, 0.25) is 5.82 Å². The van der Waals surface area contributed by atoms with E-state index in [1.165, 1.54) is 16.8 Å². The molecular formula is C13H12F3N5O. The van der Waals surface area contributed by atoms with Crippen molar-refractivity contribution in [1.82, 2.24) is 24.7 Å². The zero-order valence-electron chi connectivity index (χ0n) is 11.5. The average molecular weight is 311 g/mol. The second-order valence-electron chi connectivity index (χ2n) is 4.74. The first-order valence-electron chi connectivity index (χ1n) is 6.48. The lowest BCUT2D eigenvalue weighted by Crippen LogP contribution is -2.06. The molecule has 2 heterocycles. The molecule has 0 saturated carbocycles. The normalized spacial score (nSPS) is 12.2. The van der Waals surface area contributed by atoms with Gasteiger partial charge in [0.25, 0.3) is 0 Å². The van der Waals surface area contributed by atoms with E-state index in [1.54, 1.807) is 13.0 Å². The first-order valence-corrected chi connectivity index (χ1v) is 6.48. The number of rotatable bonds is 3. The lowest BCUT2D eigenvalue weighted by atomic mass is 10.2. The van der Waals surface area contributed by atoms with Gasteiger partial charge in [-0.15, -0.1) is 0 Å². The molecule has 9 heteroatoms. The molecule has 3 aromatic rings. The number of nitrogens with zero attached hydrogens (tertiary/aromatic N) is 4. The third-order valence-corrected chi connectivity index (χ3v) is 3.10.